The number of amides is 1. The van der Waals surface area contributed by atoms with Crippen molar-refractivity contribution in [3.05, 3.63) is 33.9 Å². The minimum absolute atomic E-state index is 0.0190. The summed E-state index contributed by atoms with van der Waals surface area (Å²) in [7, 11) is 3.85. The van der Waals surface area contributed by atoms with Crippen LogP contribution in [0, 0.1) is 10.1 Å². The summed E-state index contributed by atoms with van der Waals surface area (Å²) in [4.78, 5) is 24.1. The summed E-state index contributed by atoms with van der Waals surface area (Å²) in [5.41, 5.74) is 5.46. The molecule has 1 aromatic carbocycles. The number of carbonyl (C=O) groups is 1. The van der Waals surface area contributed by atoms with E-state index in [4.69, 9.17) is 5.73 Å². The Morgan fingerprint density at radius 1 is 1.45 bits per heavy atom. The van der Waals surface area contributed by atoms with Gasteiger partial charge in [-0.1, -0.05) is 0 Å². The molecule has 0 fully saturated rings. The van der Waals surface area contributed by atoms with Crippen molar-refractivity contribution in [2.24, 2.45) is 0 Å². The average molecular weight is 280 g/mol. The second kappa shape index (κ2) is 5.87. The molecule has 0 bridgehead atoms. The summed E-state index contributed by atoms with van der Waals surface area (Å²) < 4.78 is 0. The normalized spacial score (nSPS) is 11.4. The van der Waals surface area contributed by atoms with E-state index in [1.54, 1.807) is 0 Å². The number of hydrogen-bond acceptors (Lipinski definition) is 5. The quantitative estimate of drug-likeness (QED) is 0.480. The molecule has 1 amide bonds. The molecule has 0 aromatic heterocycles. The summed E-state index contributed by atoms with van der Waals surface area (Å²) in [6, 6.07) is 3.95. The number of anilines is 1. The van der Waals surface area contributed by atoms with Crippen LogP contribution in [-0.4, -0.2) is 41.9 Å². The Morgan fingerprint density at radius 3 is 2.50 bits per heavy atom. The van der Waals surface area contributed by atoms with Gasteiger partial charge in [-0.05, 0) is 40.1 Å². The highest BCUT2D eigenvalue weighted by atomic mass is 16.6. The van der Waals surface area contributed by atoms with Crippen LogP contribution in [0.2, 0.25) is 0 Å². The molecule has 20 heavy (non-hydrogen) atoms. The number of carbonyl (C=O) groups excluding carboxylic acids is 1. The van der Waals surface area contributed by atoms with Crippen molar-refractivity contribution < 1.29 is 9.72 Å². The van der Waals surface area contributed by atoms with Crippen LogP contribution in [0.1, 0.15) is 24.2 Å². The molecule has 0 aliphatic heterocycles. The van der Waals surface area contributed by atoms with Gasteiger partial charge in [0, 0.05) is 23.7 Å². The van der Waals surface area contributed by atoms with E-state index in [1.807, 2.05) is 32.8 Å². The summed E-state index contributed by atoms with van der Waals surface area (Å²) in [5, 5.41) is 13.4. The van der Waals surface area contributed by atoms with Gasteiger partial charge in [0.05, 0.1) is 4.92 Å². The molecule has 1 aromatic rings. The van der Waals surface area contributed by atoms with Crippen LogP contribution in [0.3, 0.4) is 0 Å². The Kier molecular flexibility index (Phi) is 4.67. The third-order valence-corrected chi connectivity index (χ3v) is 3.38. The van der Waals surface area contributed by atoms with E-state index in [9.17, 15) is 14.9 Å². The molecule has 0 aliphatic rings. The lowest BCUT2D eigenvalue weighted by atomic mass is 10.0. The number of nitrogen functional groups attached to an aromatic ring is 1. The lowest BCUT2D eigenvalue weighted by Crippen LogP contribution is -2.48. The fraction of sp³-hybridized carbons (Fsp3) is 0.462. The molecule has 7 nitrogen and oxygen atoms in total. The molecule has 1 rings (SSSR count). The molecule has 0 unspecified atom stereocenters. The highest BCUT2D eigenvalue weighted by Crippen LogP contribution is 2.22. The molecular formula is C13H20N4O3. The van der Waals surface area contributed by atoms with Gasteiger partial charge < -0.3 is 16.0 Å². The van der Waals surface area contributed by atoms with Crippen LogP contribution in [0.5, 0.6) is 0 Å². The zero-order valence-electron chi connectivity index (χ0n) is 12.1. The van der Waals surface area contributed by atoms with Gasteiger partial charge in [0.2, 0.25) is 0 Å². The molecule has 7 heteroatoms. The molecule has 3 N–H and O–H groups in total. The first kappa shape index (κ1) is 15.9. The van der Waals surface area contributed by atoms with E-state index in [0.29, 0.717) is 12.1 Å². The number of likely N-dealkylation sites (N-methyl/N-ethyl adjacent to an activating group) is 1. The van der Waals surface area contributed by atoms with Crippen molar-refractivity contribution >= 4 is 17.3 Å². The fourth-order valence-corrected chi connectivity index (χ4v) is 1.42. The molecule has 0 spiro atoms. The van der Waals surface area contributed by atoms with Crippen LogP contribution in [-0.2, 0) is 0 Å². The highest BCUT2D eigenvalue weighted by Gasteiger charge is 2.22. The third kappa shape index (κ3) is 3.67. The summed E-state index contributed by atoms with van der Waals surface area (Å²) in [6.45, 7) is 4.45. The first-order valence-electron chi connectivity index (χ1n) is 6.14. The van der Waals surface area contributed by atoms with Crippen molar-refractivity contribution in [3.63, 3.8) is 0 Å². The number of nitro benzene ring substituents is 1. The second-order valence-corrected chi connectivity index (χ2v) is 5.42. The van der Waals surface area contributed by atoms with Gasteiger partial charge in [-0.3, -0.25) is 14.9 Å². The Bertz CT molecular complexity index is 526. The zero-order valence-corrected chi connectivity index (χ0v) is 12.1. The average Bonchev–Trinajstić information content (AvgIpc) is 2.35. The van der Waals surface area contributed by atoms with Gasteiger partial charge in [0.1, 0.15) is 5.69 Å². The standard InChI is InChI=1S/C13H20N4O3/c1-13(2,16(3)4)8-15-12(18)9-5-6-11(17(19)20)10(14)7-9/h5-7H,8,14H2,1-4H3,(H,15,18). The molecule has 0 atom stereocenters. The predicted molar refractivity (Wildman–Crippen MR) is 77.6 cm³/mol. The monoisotopic (exact) mass is 280 g/mol. The molecule has 0 heterocycles. The molecule has 0 saturated heterocycles. The SMILES string of the molecule is CN(C)C(C)(C)CNC(=O)c1ccc([N+](=O)[O-])c(N)c1. The molecule has 0 saturated carbocycles. The Morgan fingerprint density at radius 2 is 2.05 bits per heavy atom. The van der Waals surface area contributed by atoms with E-state index in [0.717, 1.165) is 0 Å². The highest BCUT2D eigenvalue weighted by molar-refractivity contribution is 5.95. The van der Waals surface area contributed by atoms with Crippen molar-refractivity contribution in [2.45, 2.75) is 19.4 Å². The van der Waals surface area contributed by atoms with Crippen LogP contribution < -0.4 is 11.1 Å². The predicted octanol–water partition coefficient (Wildman–Crippen LogP) is 1.25. The number of nitro groups is 1. The smallest absolute Gasteiger partial charge is 0.292 e. The van der Waals surface area contributed by atoms with E-state index in [2.05, 4.69) is 5.32 Å². The number of nitrogens with two attached hydrogens (primary N) is 1. The lowest BCUT2D eigenvalue weighted by molar-refractivity contribution is -0.383. The van der Waals surface area contributed by atoms with E-state index in [-0.39, 0.29) is 22.8 Å². The minimum atomic E-state index is -0.577. The maximum Gasteiger partial charge on any atom is 0.292 e. The second-order valence-electron chi connectivity index (χ2n) is 5.42. The first-order valence-corrected chi connectivity index (χ1v) is 6.14. The lowest BCUT2D eigenvalue weighted by Gasteiger charge is -2.32. The Hall–Kier alpha value is -2.15. The maximum absolute atomic E-state index is 12.0. The summed E-state index contributed by atoms with van der Waals surface area (Å²) >= 11 is 0. The molecule has 110 valence electrons. The van der Waals surface area contributed by atoms with Gasteiger partial charge in [-0.15, -0.1) is 0 Å². The Labute approximate surface area is 117 Å². The van der Waals surface area contributed by atoms with Crippen molar-refractivity contribution in [3.8, 4) is 0 Å². The van der Waals surface area contributed by atoms with E-state index >= 15 is 0 Å². The fourth-order valence-electron chi connectivity index (χ4n) is 1.42. The number of rotatable bonds is 5. The van der Waals surface area contributed by atoms with Gasteiger partial charge in [-0.25, -0.2) is 0 Å². The van der Waals surface area contributed by atoms with Gasteiger partial charge >= 0.3 is 0 Å². The van der Waals surface area contributed by atoms with Crippen LogP contribution >= 0.6 is 0 Å². The van der Waals surface area contributed by atoms with E-state index in [1.165, 1.54) is 18.2 Å². The van der Waals surface area contributed by atoms with Crippen LogP contribution in [0.4, 0.5) is 11.4 Å². The van der Waals surface area contributed by atoms with Gasteiger partial charge in [0.15, 0.2) is 0 Å². The topological polar surface area (TPSA) is 102 Å². The number of hydrogen-bond donors (Lipinski definition) is 2. The van der Waals surface area contributed by atoms with E-state index < -0.39 is 4.92 Å². The first-order chi connectivity index (χ1) is 9.15. The number of nitrogens with one attached hydrogen (secondary N) is 1. The zero-order chi connectivity index (χ0) is 15.5. The molecular weight excluding hydrogens is 260 g/mol. The summed E-state index contributed by atoms with van der Waals surface area (Å²) in [5.74, 6) is -0.304. The minimum Gasteiger partial charge on any atom is -0.393 e. The molecule has 0 radical (unpaired) electrons. The largest absolute Gasteiger partial charge is 0.393 e. The van der Waals surface area contributed by atoms with Crippen LogP contribution in [0.15, 0.2) is 18.2 Å². The molecule has 0 aliphatic carbocycles. The van der Waals surface area contributed by atoms with Crippen molar-refractivity contribution in [1.29, 1.82) is 0 Å². The van der Waals surface area contributed by atoms with Crippen molar-refractivity contribution in [1.82, 2.24) is 10.2 Å². The Balaban J connectivity index is 2.79. The van der Waals surface area contributed by atoms with Crippen molar-refractivity contribution in [2.75, 3.05) is 26.4 Å². The third-order valence-electron chi connectivity index (χ3n) is 3.38. The maximum atomic E-state index is 12.0. The number of benzene rings is 1. The number of nitrogens with zero attached hydrogens (tertiary/aromatic N) is 2. The summed E-state index contributed by atoms with van der Waals surface area (Å²) in [6.07, 6.45) is 0. The van der Waals surface area contributed by atoms with Gasteiger partial charge in [0.25, 0.3) is 11.6 Å². The van der Waals surface area contributed by atoms with Crippen LogP contribution in [0.25, 0.3) is 0 Å². The van der Waals surface area contributed by atoms with Gasteiger partial charge in [-0.2, -0.15) is 0 Å².